The van der Waals surface area contributed by atoms with Crippen molar-refractivity contribution in [2.45, 2.75) is 62.6 Å². The number of hydrogen-bond acceptors (Lipinski definition) is 1. The predicted octanol–water partition coefficient (Wildman–Crippen LogP) is 3.52. The van der Waals surface area contributed by atoms with Crippen LogP contribution in [0, 0.1) is 0 Å². The summed E-state index contributed by atoms with van der Waals surface area (Å²) in [5.41, 5.74) is 2.07. The van der Waals surface area contributed by atoms with Gasteiger partial charge in [0.05, 0.1) is 17.6 Å². The van der Waals surface area contributed by atoms with Crippen molar-refractivity contribution in [1.82, 2.24) is 0 Å². The van der Waals surface area contributed by atoms with E-state index in [0.29, 0.717) is 15.9 Å². The van der Waals surface area contributed by atoms with E-state index in [1.165, 1.54) is 6.04 Å². The number of rotatable bonds is 8. The second kappa shape index (κ2) is 6.50. The Morgan fingerprint density at radius 1 is 1.24 bits per heavy atom. The Hall–Kier alpha value is 0.351. The molecule has 0 aliphatic rings. The lowest BCUT2D eigenvalue weighted by molar-refractivity contribution is 0.294. The SMILES string of the molecule is C=C[Si]C(C)(C)[Si]C(C)(C)[Si](C)(C)CCCO. The molecular weight excluding hydrogens is 256 g/mol. The third-order valence-electron chi connectivity index (χ3n) is 3.74. The first kappa shape index (κ1) is 17.4. The summed E-state index contributed by atoms with van der Waals surface area (Å²) in [6.45, 7) is 18.8. The molecule has 0 spiro atoms. The number of aliphatic hydroxyl groups is 1. The molecule has 1 N–H and O–H groups in total. The molecule has 0 fully saturated rings. The molecular formula is C13H28OSi3. The average Bonchev–Trinajstić information content (AvgIpc) is 2.12. The molecule has 0 heterocycles. The third-order valence-corrected chi connectivity index (χ3v) is 14.1. The van der Waals surface area contributed by atoms with Gasteiger partial charge in [-0.25, -0.2) is 0 Å². The summed E-state index contributed by atoms with van der Waals surface area (Å²) in [6, 6.07) is 1.23. The van der Waals surface area contributed by atoms with Crippen LogP contribution in [0.1, 0.15) is 34.1 Å². The molecule has 0 saturated heterocycles. The van der Waals surface area contributed by atoms with Crippen LogP contribution in [0.4, 0.5) is 0 Å². The van der Waals surface area contributed by atoms with Gasteiger partial charge in [-0.1, -0.05) is 46.8 Å². The van der Waals surface area contributed by atoms with Crippen molar-refractivity contribution in [3.05, 3.63) is 12.3 Å². The fraction of sp³-hybridized carbons (Fsp3) is 0.846. The van der Waals surface area contributed by atoms with E-state index in [1.54, 1.807) is 0 Å². The average molecular weight is 285 g/mol. The second-order valence-corrected chi connectivity index (χ2v) is 17.6. The lowest BCUT2D eigenvalue weighted by Gasteiger charge is -2.44. The summed E-state index contributed by atoms with van der Waals surface area (Å²) in [6.07, 6.45) is 0.970. The second-order valence-electron chi connectivity index (χ2n) is 6.43. The van der Waals surface area contributed by atoms with Crippen molar-refractivity contribution in [1.29, 1.82) is 0 Å². The highest BCUT2D eigenvalue weighted by atomic mass is 28.4. The van der Waals surface area contributed by atoms with Gasteiger partial charge in [0.1, 0.15) is 0 Å². The first-order chi connectivity index (χ1) is 7.58. The maximum absolute atomic E-state index is 9.02. The molecule has 0 aliphatic heterocycles. The molecule has 0 aromatic heterocycles. The quantitative estimate of drug-likeness (QED) is 0.676. The zero-order valence-corrected chi connectivity index (χ0v) is 15.4. The molecule has 0 aromatic rings. The molecule has 0 atom stereocenters. The van der Waals surface area contributed by atoms with Gasteiger partial charge < -0.3 is 5.11 Å². The van der Waals surface area contributed by atoms with E-state index in [1.807, 2.05) is 0 Å². The van der Waals surface area contributed by atoms with Crippen molar-refractivity contribution in [2.24, 2.45) is 0 Å². The van der Waals surface area contributed by atoms with Gasteiger partial charge in [0, 0.05) is 16.1 Å². The van der Waals surface area contributed by atoms with Crippen LogP contribution >= 0.6 is 0 Å². The summed E-state index contributed by atoms with van der Waals surface area (Å²) in [5.74, 6) is 0. The minimum absolute atomic E-state index is 0.341. The first-order valence-corrected chi connectivity index (χ1v) is 11.7. The van der Waals surface area contributed by atoms with E-state index in [-0.39, 0.29) is 0 Å². The topological polar surface area (TPSA) is 20.2 Å². The standard InChI is InChI=1S/C13H28OSi3/c1-8-15-12(2,3)16-13(4,5)17(6,7)11-9-10-14/h8,14H,1,9-11H2,2-7H3. The normalized spacial score (nSPS) is 13.8. The highest BCUT2D eigenvalue weighted by molar-refractivity contribution is 6.90. The third kappa shape index (κ3) is 5.68. The summed E-state index contributed by atoms with van der Waals surface area (Å²) in [5, 5.41) is 9.02. The minimum Gasteiger partial charge on any atom is -0.396 e. The Labute approximate surface area is 114 Å². The zero-order valence-electron chi connectivity index (χ0n) is 12.4. The van der Waals surface area contributed by atoms with Crippen LogP contribution in [0.3, 0.4) is 0 Å². The van der Waals surface area contributed by atoms with Crippen molar-refractivity contribution in [2.75, 3.05) is 6.61 Å². The van der Waals surface area contributed by atoms with Crippen LogP contribution in [0.25, 0.3) is 0 Å². The van der Waals surface area contributed by atoms with Gasteiger partial charge in [-0.3, -0.25) is 0 Å². The van der Waals surface area contributed by atoms with Crippen molar-refractivity contribution < 1.29 is 5.11 Å². The van der Waals surface area contributed by atoms with Crippen LogP contribution in [0.2, 0.25) is 28.5 Å². The maximum atomic E-state index is 9.02. The largest absolute Gasteiger partial charge is 0.396 e. The molecule has 4 radical (unpaired) electrons. The van der Waals surface area contributed by atoms with Gasteiger partial charge >= 0.3 is 0 Å². The Morgan fingerprint density at radius 2 is 1.76 bits per heavy atom. The highest BCUT2D eigenvalue weighted by Gasteiger charge is 2.42. The van der Waals surface area contributed by atoms with Crippen LogP contribution in [0.5, 0.6) is 0 Å². The highest BCUT2D eigenvalue weighted by Crippen LogP contribution is 2.44. The molecule has 17 heavy (non-hydrogen) atoms. The lowest BCUT2D eigenvalue weighted by atomic mass is 10.5. The van der Waals surface area contributed by atoms with Gasteiger partial charge in [-0.15, -0.1) is 12.3 Å². The monoisotopic (exact) mass is 284 g/mol. The van der Waals surface area contributed by atoms with Gasteiger partial charge in [-0.05, 0) is 15.7 Å². The Kier molecular flexibility index (Phi) is 6.63. The van der Waals surface area contributed by atoms with Crippen LogP contribution < -0.4 is 0 Å². The van der Waals surface area contributed by atoms with Crippen molar-refractivity contribution in [3.63, 3.8) is 0 Å². The summed E-state index contributed by atoms with van der Waals surface area (Å²) in [4.78, 5) is 0. The summed E-state index contributed by atoms with van der Waals surface area (Å²) >= 11 is 0. The van der Waals surface area contributed by atoms with Gasteiger partial charge in [-0.2, -0.15) is 0 Å². The van der Waals surface area contributed by atoms with Crippen molar-refractivity contribution >= 4 is 27.1 Å². The van der Waals surface area contributed by atoms with Gasteiger partial charge in [0.2, 0.25) is 0 Å². The summed E-state index contributed by atoms with van der Waals surface area (Å²) in [7, 11) is 0.554. The maximum Gasteiger partial charge on any atom is 0.0724 e. The van der Waals surface area contributed by atoms with Gasteiger partial charge in [0.15, 0.2) is 0 Å². The van der Waals surface area contributed by atoms with E-state index < -0.39 is 8.07 Å². The smallest absolute Gasteiger partial charge is 0.0724 e. The predicted molar refractivity (Wildman–Crippen MR) is 83.8 cm³/mol. The lowest BCUT2D eigenvalue weighted by Crippen LogP contribution is -2.46. The molecule has 98 valence electrons. The van der Waals surface area contributed by atoms with E-state index in [4.69, 9.17) is 5.11 Å². The minimum atomic E-state index is -1.27. The molecule has 1 nitrogen and oxygen atoms in total. The zero-order chi connectivity index (χ0) is 13.7. The molecule has 0 bridgehead atoms. The fourth-order valence-corrected chi connectivity index (χ4v) is 10.4. The van der Waals surface area contributed by atoms with E-state index >= 15 is 0 Å². The molecule has 0 aromatic carbocycles. The number of hydrogen-bond donors (Lipinski definition) is 1. The molecule has 4 heteroatoms. The van der Waals surface area contributed by atoms with Crippen LogP contribution in [0.15, 0.2) is 12.3 Å². The van der Waals surface area contributed by atoms with Gasteiger partial charge in [0.25, 0.3) is 0 Å². The fourth-order valence-electron chi connectivity index (χ4n) is 2.08. The Morgan fingerprint density at radius 3 is 2.18 bits per heavy atom. The first-order valence-electron chi connectivity index (χ1n) is 6.37. The van der Waals surface area contributed by atoms with Crippen molar-refractivity contribution in [3.8, 4) is 0 Å². The van der Waals surface area contributed by atoms with E-state index in [0.717, 1.165) is 25.5 Å². The summed E-state index contributed by atoms with van der Waals surface area (Å²) < 4.78 is 0.844. The Bertz CT molecular complexity index is 247. The Balaban J connectivity index is 4.69. The van der Waals surface area contributed by atoms with E-state index in [2.05, 4.69) is 53.1 Å². The van der Waals surface area contributed by atoms with Crippen LogP contribution in [-0.4, -0.2) is 38.8 Å². The molecule has 0 aliphatic carbocycles. The number of aliphatic hydroxyl groups excluding tert-OH is 1. The molecule has 0 rings (SSSR count). The van der Waals surface area contributed by atoms with E-state index in [9.17, 15) is 0 Å². The molecule has 0 amide bonds. The molecule has 0 saturated carbocycles. The van der Waals surface area contributed by atoms with Crippen LogP contribution in [-0.2, 0) is 0 Å². The molecule has 0 unspecified atom stereocenters.